The van der Waals surface area contributed by atoms with Gasteiger partial charge in [-0.1, -0.05) is 36.7 Å². The maximum absolute atomic E-state index is 13.2. The Kier molecular flexibility index (Phi) is 8.25. The van der Waals surface area contributed by atoms with E-state index in [9.17, 15) is 4.79 Å². The Balaban J connectivity index is 1.78. The van der Waals surface area contributed by atoms with Gasteiger partial charge >= 0.3 is 6.09 Å². The Morgan fingerprint density at radius 2 is 1.91 bits per heavy atom. The summed E-state index contributed by atoms with van der Waals surface area (Å²) < 4.78 is 15.9. The number of nitrogens with zero attached hydrogens (tertiary/aromatic N) is 3. The van der Waals surface area contributed by atoms with Crippen LogP contribution in [-0.2, 0) is 15.7 Å². The molecule has 1 aromatic carbocycles. The highest BCUT2D eigenvalue weighted by molar-refractivity contribution is 9.10. The molecule has 3 rings (SSSR count). The van der Waals surface area contributed by atoms with Crippen LogP contribution in [0.2, 0.25) is 18.1 Å². The van der Waals surface area contributed by atoms with Crippen molar-refractivity contribution < 1.29 is 14.0 Å². The van der Waals surface area contributed by atoms with Crippen LogP contribution in [0, 0.1) is 0 Å². The summed E-state index contributed by atoms with van der Waals surface area (Å²) in [5.74, 6) is 0. The number of benzene rings is 1. The van der Waals surface area contributed by atoms with Crippen molar-refractivity contribution in [3.8, 4) is 0 Å². The van der Waals surface area contributed by atoms with Crippen LogP contribution in [0.4, 0.5) is 4.79 Å². The number of amides is 1. The molecule has 2 atom stereocenters. The van der Waals surface area contributed by atoms with Gasteiger partial charge in [-0.15, -0.1) is 0 Å². The second-order valence-electron chi connectivity index (χ2n) is 12.0. The lowest BCUT2D eigenvalue weighted by Gasteiger charge is -2.47. The number of halogens is 1. The molecule has 1 aliphatic rings. The van der Waals surface area contributed by atoms with Crippen LogP contribution < -0.4 is 0 Å². The van der Waals surface area contributed by atoms with Crippen molar-refractivity contribution in [2.24, 2.45) is 0 Å². The first-order valence-corrected chi connectivity index (χ1v) is 16.2. The Morgan fingerprint density at radius 1 is 1.21 bits per heavy atom. The van der Waals surface area contributed by atoms with Crippen LogP contribution in [0.15, 0.2) is 29.0 Å². The van der Waals surface area contributed by atoms with E-state index in [-0.39, 0.29) is 23.3 Å². The van der Waals surface area contributed by atoms with Crippen LogP contribution in [0.5, 0.6) is 0 Å². The van der Waals surface area contributed by atoms with E-state index in [1.54, 1.807) is 0 Å². The average Bonchev–Trinajstić information content (AvgIpc) is 3.08. The number of carbonyl (C=O) groups is 1. The maximum atomic E-state index is 13.2. The van der Waals surface area contributed by atoms with E-state index >= 15 is 0 Å². The van der Waals surface area contributed by atoms with Crippen LogP contribution in [0.1, 0.15) is 67.2 Å². The lowest BCUT2D eigenvalue weighted by molar-refractivity contribution is -0.0219. The van der Waals surface area contributed by atoms with E-state index in [1.165, 1.54) is 0 Å². The molecule has 1 aromatic heterocycles. The number of imidazole rings is 1. The van der Waals surface area contributed by atoms with Gasteiger partial charge in [0, 0.05) is 17.6 Å². The van der Waals surface area contributed by atoms with Crippen molar-refractivity contribution >= 4 is 41.4 Å². The molecule has 190 valence electrons. The molecule has 34 heavy (non-hydrogen) atoms. The smallest absolute Gasteiger partial charge is 0.410 e. The van der Waals surface area contributed by atoms with Gasteiger partial charge in [-0.3, -0.25) is 0 Å². The Morgan fingerprint density at radius 3 is 2.56 bits per heavy atom. The highest BCUT2D eigenvalue weighted by Crippen LogP contribution is 2.40. The van der Waals surface area contributed by atoms with E-state index < -0.39 is 13.9 Å². The van der Waals surface area contributed by atoms with Crippen molar-refractivity contribution in [1.29, 1.82) is 0 Å². The number of ether oxygens (including phenoxy) is 1. The number of carbonyl (C=O) groups excluding carboxylic acids is 1. The summed E-state index contributed by atoms with van der Waals surface area (Å²) in [5.41, 5.74) is 1.60. The lowest BCUT2D eigenvalue weighted by Crippen LogP contribution is -2.56. The largest absolute Gasteiger partial charge is 0.444 e. The van der Waals surface area contributed by atoms with Gasteiger partial charge in [0.05, 0.1) is 29.5 Å². The van der Waals surface area contributed by atoms with E-state index in [0.717, 1.165) is 54.3 Å². The minimum absolute atomic E-state index is 0.0154. The molecule has 0 spiro atoms. The molecule has 0 radical (unpaired) electrons. The lowest BCUT2D eigenvalue weighted by atomic mass is 9.95. The fourth-order valence-electron chi connectivity index (χ4n) is 4.29. The summed E-state index contributed by atoms with van der Waals surface area (Å²) in [6.07, 6.45) is 5.45. The normalized spacial score (nSPS) is 20.1. The number of likely N-dealkylation sites (tertiary alicyclic amines) is 1. The fourth-order valence-corrected chi connectivity index (χ4v) is 6.02. The van der Waals surface area contributed by atoms with Gasteiger partial charge in [0.15, 0.2) is 8.32 Å². The van der Waals surface area contributed by atoms with Crippen LogP contribution in [0.25, 0.3) is 11.0 Å². The van der Waals surface area contributed by atoms with Gasteiger partial charge in [-0.2, -0.15) is 0 Å². The number of hydrogen-bond donors (Lipinski definition) is 0. The van der Waals surface area contributed by atoms with Gasteiger partial charge in [-0.25, -0.2) is 9.78 Å². The molecule has 0 bridgehead atoms. The summed E-state index contributed by atoms with van der Waals surface area (Å²) >= 11 is 3.52. The Bertz CT molecular complexity index is 993. The molecular weight excluding hydrogens is 510 g/mol. The maximum Gasteiger partial charge on any atom is 0.410 e. The van der Waals surface area contributed by atoms with Gasteiger partial charge < -0.3 is 18.6 Å². The van der Waals surface area contributed by atoms with Crippen molar-refractivity contribution in [3.63, 3.8) is 0 Å². The monoisotopic (exact) mass is 551 g/mol. The van der Waals surface area contributed by atoms with E-state index in [0.29, 0.717) is 0 Å². The zero-order valence-corrected chi connectivity index (χ0v) is 24.7. The van der Waals surface area contributed by atoms with Gasteiger partial charge in [0.25, 0.3) is 0 Å². The highest BCUT2D eigenvalue weighted by Gasteiger charge is 2.44. The summed E-state index contributed by atoms with van der Waals surface area (Å²) in [6.45, 7) is 18.8. The second kappa shape index (κ2) is 10.3. The number of hydrogen-bond acceptors (Lipinski definition) is 4. The second-order valence-corrected chi connectivity index (χ2v) is 17.7. The number of aromatic nitrogens is 2. The third-order valence-corrected chi connectivity index (χ3v) is 12.1. The molecular formula is C26H42BrN3O3Si. The van der Waals surface area contributed by atoms with Crippen molar-refractivity contribution in [2.45, 2.75) is 110 Å². The quantitative estimate of drug-likeness (QED) is 0.351. The highest BCUT2D eigenvalue weighted by atomic mass is 79.9. The molecule has 1 fully saturated rings. The predicted octanol–water partition coefficient (Wildman–Crippen LogP) is 7.37. The molecule has 0 N–H and O–H groups in total. The van der Waals surface area contributed by atoms with Gasteiger partial charge in [0.2, 0.25) is 0 Å². The summed E-state index contributed by atoms with van der Waals surface area (Å²) in [6, 6.07) is 6.21. The molecule has 0 unspecified atom stereocenters. The minimum atomic E-state index is -1.98. The van der Waals surface area contributed by atoms with Gasteiger partial charge in [-0.05, 0) is 82.8 Å². The van der Waals surface area contributed by atoms with E-state index in [1.807, 2.05) is 38.1 Å². The standard InChI is InChI=1S/C26H42BrN3O3Si/c1-25(2,3)32-24(31)30-16-10-12-23(33-34(7,8)26(4,5)6)22(30)11-9-15-29-18-28-20-17-19(27)13-14-21(20)29/h13-14,17-18,22-23H,9-12,15-16H2,1-8H3/t22-,23+/m1/s1. The van der Waals surface area contributed by atoms with E-state index in [2.05, 4.69) is 71.5 Å². The first kappa shape index (κ1) is 27.2. The number of aryl methyl sites for hydroxylation is 1. The summed E-state index contributed by atoms with van der Waals surface area (Å²) in [4.78, 5) is 19.7. The Hall–Kier alpha value is -1.38. The topological polar surface area (TPSA) is 56.6 Å². The SMILES string of the molecule is CC(C)(C)OC(=O)N1CCC[C@H](O[Si](C)(C)C(C)(C)C)[C@H]1CCCn1cnc2cc(Br)ccc21. The van der Waals surface area contributed by atoms with E-state index in [4.69, 9.17) is 9.16 Å². The first-order valence-electron chi connectivity index (χ1n) is 12.5. The number of fused-ring (bicyclic) bond motifs is 1. The zero-order valence-electron chi connectivity index (χ0n) is 22.2. The van der Waals surface area contributed by atoms with Gasteiger partial charge in [0.1, 0.15) is 5.60 Å². The molecule has 6 nitrogen and oxygen atoms in total. The minimum Gasteiger partial charge on any atom is -0.444 e. The molecule has 8 heteroatoms. The predicted molar refractivity (Wildman–Crippen MR) is 145 cm³/mol. The third kappa shape index (κ3) is 6.64. The number of rotatable bonds is 6. The first-order chi connectivity index (χ1) is 15.7. The van der Waals surface area contributed by atoms with Crippen LogP contribution in [0.3, 0.4) is 0 Å². The molecule has 0 saturated carbocycles. The molecule has 1 saturated heterocycles. The van der Waals surface area contributed by atoms with Crippen LogP contribution in [-0.4, -0.2) is 53.2 Å². The van der Waals surface area contributed by atoms with Crippen molar-refractivity contribution in [1.82, 2.24) is 14.5 Å². The molecule has 2 heterocycles. The Labute approximate surface area is 214 Å². The fraction of sp³-hybridized carbons (Fsp3) is 0.692. The molecule has 0 aliphatic carbocycles. The molecule has 1 aliphatic heterocycles. The number of piperidine rings is 1. The van der Waals surface area contributed by atoms with Crippen molar-refractivity contribution in [3.05, 3.63) is 29.0 Å². The van der Waals surface area contributed by atoms with Crippen LogP contribution >= 0.6 is 15.9 Å². The average molecular weight is 553 g/mol. The summed E-state index contributed by atoms with van der Waals surface area (Å²) in [5, 5.41) is 0.121. The zero-order chi connectivity index (χ0) is 25.3. The third-order valence-electron chi connectivity index (χ3n) is 7.08. The summed E-state index contributed by atoms with van der Waals surface area (Å²) in [7, 11) is -1.98. The van der Waals surface area contributed by atoms with Crippen molar-refractivity contribution in [2.75, 3.05) is 6.54 Å². The molecule has 1 amide bonds. The molecule has 2 aromatic rings.